The lowest BCUT2D eigenvalue weighted by Crippen LogP contribution is -2.38. The van der Waals surface area contributed by atoms with E-state index in [0.717, 1.165) is 31.5 Å². The van der Waals surface area contributed by atoms with Crippen LogP contribution in [0.3, 0.4) is 0 Å². The third-order valence-corrected chi connectivity index (χ3v) is 5.44. The predicted molar refractivity (Wildman–Crippen MR) is 121 cm³/mol. The second-order valence-corrected chi connectivity index (χ2v) is 7.73. The zero-order chi connectivity index (χ0) is 23.8. The summed E-state index contributed by atoms with van der Waals surface area (Å²) in [5, 5.41) is 2.77. The van der Waals surface area contributed by atoms with Crippen molar-refractivity contribution in [2.24, 2.45) is 11.7 Å². The third kappa shape index (κ3) is 7.01. The molecule has 0 saturated carbocycles. The summed E-state index contributed by atoms with van der Waals surface area (Å²) in [6, 6.07) is 12.1. The number of nitrogens with one attached hydrogen (secondary N) is 1. The first kappa shape index (κ1) is 24.2. The fraction of sp³-hybridized carbons (Fsp3) is 0.333. The first-order valence-corrected chi connectivity index (χ1v) is 10.6. The van der Waals surface area contributed by atoms with Crippen LogP contribution in [0.4, 0.5) is 14.5 Å². The van der Waals surface area contributed by atoms with Crippen LogP contribution < -0.4 is 20.5 Å². The molecule has 0 radical (unpaired) electrons. The van der Waals surface area contributed by atoms with E-state index in [1.54, 1.807) is 18.2 Å². The summed E-state index contributed by atoms with van der Waals surface area (Å²) in [5.41, 5.74) is 7.31. The van der Waals surface area contributed by atoms with E-state index >= 15 is 0 Å². The Hall–Kier alpha value is -3.46. The molecule has 1 fully saturated rings. The number of carbonyl (C=O) groups is 2. The van der Waals surface area contributed by atoms with Crippen molar-refractivity contribution in [3.8, 4) is 11.5 Å². The highest BCUT2D eigenvalue weighted by Gasteiger charge is 2.23. The fourth-order valence-electron chi connectivity index (χ4n) is 3.77. The average molecular weight is 459 g/mol. The maximum Gasteiger partial charge on any atom is 0.387 e. The van der Waals surface area contributed by atoms with Crippen LogP contribution in [0, 0.1) is 5.92 Å². The largest absolute Gasteiger partial charge is 0.493 e. The van der Waals surface area contributed by atoms with Crippen molar-refractivity contribution in [1.82, 2.24) is 4.90 Å². The van der Waals surface area contributed by atoms with Crippen molar-refractivity contribution in [1.29, 1.82) is 0 Å². The second-order valence-electron chi connectivity index (χ2n) is 7.73. The number of methoxy groups -OCH3 is 1. The summed E-state index contributed by atoms with van der Waals surface area (Å²) in [6.07, 6.45) is 4.13. The van der Waals surface area contributed by atoms with E-state index in [0.29, 0.717) is 12.2 Å². The van der Waals surface area contributed by atoms with Gasteiger partial charge in [0.05, 0.1) is 7.11 Å². The smallest absolute Gasteiger partial charge is 0.387 e. The molecule has 0 bridgehead atoms. The molecule has 1 heterocycles. The van der Waals surface area contributed by atoms with Gasteiger partial charge in [-0.25, -0.2) is 0 Å². The molecule has 2 aromatic rings. The van der Waals surface area contributed by atoms with Crippen molar-refractivity contribution in [2.45, 2.75) is 26.0 Å². The number of primary amides is 1. The van der Waals surface area contributed by atoms with Gasteiger partial charge >= 0.3 is 6.61 Å². The molecule has 1 saturated heterocycles. The molecule has 1 aliphatic heterocycles. The standard InChI is InChI=1S/C24H27F2N3O4/c1-32-20-7-3-5-17(22(20)33-24(25)26)8-9-21(30)28-19-6-2-4-16(14-19)15-29-12-10-18(11-13-29)23(27)31/h2-9,14,18,24H,10-13,15H2,1H3,(H2,27,31)(H,28,30). The summed E-state index contributed by atoms with van der Waals surface area (Å²) in [4.78, 5) is 26.0. The van der Waals surface area contributed by atoms with Gasteiger partial charge in [0.15, 0.2) is 11.5 Å². The van der Waals surface area contributed by atoms with Gasteiger partial charge in [-0.15, -0.1) is 0 Å². The number of ether oxygens (including phenoxy) is 2. The lowest BCUT2D eigenvalue weighted by atomic mass is 9.96. The van der Waals surface area contributed by atoms with Gasteiger partial charge in [-0.2, -0.15) is 8.78 Å². The molecular weight excluding hydrogens is 432 g/mol. The Morgan fingerprint density at radius 3 is 2.61 bits per heavy atom. The van der Waals surface area contributed by atoms with Crippen LogP contribution in [0.1, 0.15) is 24.0 Å². The van der Waals surface area contributed by atoms with Crippen LogP contribution in [0.15, 0.2) is 48.5 Å². The number of anilines is 1. The molecule has 7 nitrogen and oxygen atoms in total. The van der Waals surface area contributed by atoms with E-state index < -0.39 is 12.5 Å². The van der Waals surface area contributed by atoms with E-state index in [1.165, 1.54) is 25.3 Å². The number of para-hydroxylation sites is 1. The number of hydrogen-bond donors (Lipinski definition) is 2. The molecule has 3 rings (SSSR count). The maximum atomic E-state index is 12.8. The van der Waals surface area contributed by atoms with Crippen molar-refractivity contribution >= 4 is 23.6 Å². The Bertz CT molecular complexity index is 1000. The van der Waals surface area contributed by atoms with E-state index in [-0.39, 0.29) is 28.9 Å². The van der Waals surface area contributed by atoms with Gasteiger partial charge in [0, 0.05) is 29.8 Å². The maximum absolute atomic E-state index is 12.8. The van der Waals surface area contributed by atoms with Crippen LogP contribution in [0.2, 0.25) is 0 Å². The number of nitrogens with two attached hydrogens (primary N) is 1. The van der Waals surface area contributed by atoms with E-state index in [9.17, 15) is 18.4 Å². The van der Waals surface area contributed by atoms with Crippen LogP contribution >= 0.6 is 0 Å². The van der Waals surface area contributed by atoms with E-state index in [1.807, 2.05) is 18.2 Å². The first-order chi connectivity index (χ1) is 15.9. The monoisotopic (exact) mass is 459 g/mol. The Morgan fingerprint density at radius 2 is 1.94 bits per heavy atom. The van der Waals surface area contributed by atoms with Gasteiger partial charge in [0.1, 0.15) is 0 Å². The zero-order valence-corrected chi connectivity index (χ0v) is 18.3. The summed E-state index contributed by atoms with van der Waals surface area (Å²) in [6.45, 7) is -0.748. The first-order valence-electron chi connectivity index (χ1n) is 10.6. The zero-order valence-electron chi connectivity index (χ0n) is 18.3. The highest BCUT2D eigenvalue weighted by atomic mass is 19.3. The number of rotatable bonds is 9. The normalized spacial score (nSPS) is 15.0. The minimum absolute atomic E-state index is 0.0603. The lowest BCUT2D eigenvalue weighted by Gasteiger charge is -2.30. The highest BCUT2D eigenvalue weighted by molar-refractivity contribution is 6.02. The van der Waals surface area contributed by atoms with Gasteiger partial charge in [-0.1, -0.05) is 24.3 Å². The number of nitrogens with zero attached hydrogens (tertiary/aromatic N) is 1. The molecule has 3 N–H and O–H groups in total. The van der Waals surface area contributed by atoms with Gasteiger partial charge in [-0.05, 0) is 55.8 Å². The highest BCUT2D eigenvalue weighted by Crippen LogP contribution is 2.33. The number of likely N-dealkylation sites (tertiary alicyclic amines) is 1. The number of carbonyl (C=O) groups excluding carboxylic acids is 2. The van der Waals surface area contributed by atoms with Gasteiger partial charge in [0.25, 0.3) is 0 Å². The number of amides is 2. The summed E-state index contributed by atoms with van der Waals surface area (Å²) < 4.78 is 35.1. The SMILES string of the molecule is COc1cccc(C=CC(=O)Nc2cccc(CN3CCC(C(N)=O)CC3)c2)c1OC(F)F. The third-order valence-electron chi connectivity index (χ3n) is 5.44. The molecule has 0 atom stereocenters. The molecule has 1 aliphatic rings. The second kappa shape index (κ2) is 11.4. The molecule has 176 valence electrons. The molecule has 9 heteroatoms. The molecule has 33 heavy (non-hydrogen) atoms. The Kier molecular flexibility index (Phi) is 8.37. The van der Waals surface area contributed by atoms with Crippen molar-refractivity contribution in [3.63, 3.8) is 0 Å². The molecule has 0 aromatic heterocycles. The Morgan fingerprint density at radius 1 is 1.21 bits per heavy atom. The summed E-state index contributed by atoms with van der Waals surface area (Å²) in [7, 11) is 1.35. The van der Waals surface area contributed by atoms with E-state index in [4.69, 9.17) is 10.5 Å². The van der Waals surface area contributed by atoms with E-state index in [2.05, 4.69) is 15.0 Å². The van der Waals surface area contributed by atoms with Crippen LogP contribution in [-0.2, 0) is 16.1 Å². The molecule has 0 aliphatic carbocycles. The number of hydrogen-bond acceptors (Lipinski definition) is 5. The summed E-state index contributed by atoms with van der Waals surface area (Å²) >= 11 is 0. The van der Waals surface area contributed by atoms with Crippen LogP contribution in [-0.4, -0.2) is 43.5 Å². The molecule has 0 unspecified atom stereocenters. The van der Waals surface area contributed by atoms with Gasteiger partial charge in [-0.3, -0.25) is 14.5 Å². The number of alkyl halides is 2. The van der Waals surface area contributed by atoms with Crippen molar-refractivity contribution in [3.05, 3.63) is 59.7 Å². The Labute approximate surface area is 191 Å². The quantitative estimate of drug-likeness (QED) is 0.559. The number of benzene rings is 2. The average Bonchev–Trinajstić information content (AvgIpc) is 2.78. The number of piperidine rings is 1. The summed E-state index contributed by atoms with van der Waals surface area (Å²) in [5.74, 6) is -0.712. The van der Waals surface area contributed by atoms with Crippen LogP contribution in [0.25, 0.3) is 6.08 Å². The minimum atomic E-state index is -3.02. The minimum Gasteiger partial charge on any atom is -0.493 e. The Balaban J connectivity index is 1.61. The molecule has 2 aromatic carbocycles. The molecule has 0 spiro atoms. The molecule has 2 amide bonds. The van der Waals surface area contributed by atoms with Crippen molar-refractivity contribution < 1.29 is 27.8 Å². The number of halogens is 2. The van der Waals surface area contributed by atoms with Crippen LogP contribution in [0.5, 0.6) is 11.5 Å². The van der Waals surface area contributed by atoms with Crippen molar-refractivity contribution in [2.75, 3.05) is 25.5 Å². The lowest BCUT2D eigenvalue weighted by molar-refractivity contribution is -0.123. The predicted octanol–water partition coefficient (Wildman–Crippen LogP) is 3.65. The van der Waals surface area contributed by atoms with Gasteiger partial charge in [0.2, 0.25) is 11.8 Å². The topological polar surface area (TPSA) is 93.9 Å². The fourth-order valence-corrected chi connectivity index (χ4v) is 3.77. The molecular formula is C24H27F2N3O4. The van der Waals surface area contributed by atoms with Gasteiger partial charge < -0.3 is 20.5 Å².